The Kier molecular flexibility index (Phi) is 11.9. The third kappa shape index (κ3) is 9.05. The third-order valence-corrected chi connectivity index (χ3v) is 11.0. The zero-order valence-electron chi connectivity index (χ0n) is 27.3. The lowest BCUT2D eigenvalue weighted by Gasteiger charge is -2.35. The van der Waals surface area contributed by atoms with E-state index in [1.807, 2.05) is 61.5 Å². The average molecular weight is 733 g/mol. The van der Waals surface area contributed by atoms with E-state index in [2.05, 4.69) is 21.2 Å². The molecule has 0 spiro atoms. The number of nitrogens with one attached hydrogen (secondary N) is 1. The van der Waals surface area contributed by atoms with Crippen molar-refractivity contribution in [2.24, 2.45) is 0 Å². The standard InChI is InChI=1S/C38H42BrN3O5S/c1-28-19-21-35(22-20-28)48(45,46)42(33-17-10-14-31(39)25-33)27-37(43)41(26-30-13-9-18-34(23-30)47-2)36(24-29-11-5-3-6-12-29)38(44)40-32-15-7-4-8-16-32/h3,5-6,9-14,17-23,25,32,36H,4,7-8,15-16,24,26-27H2,1-2H3,(H,40,44)/t36-/m1/s1. The van der Waals surface area contributed by atoms with Gasteiger partial charge in [-0.3, -0.25) is 13.9 Å². The lowest BCUT2D eigenvalue weighted by atomic mass is 9.94. The van der Waals surface area contributed by atoms with Gasteiger partial charge in [0.2, 0.25) is 11.8 Å². The monoisotopic (exact) mass is 731 g/mol. The van der Waals surface area contributed by atoms with Crippen LogP contribution in [0.25, 0.3) is 0 Å². The maximum absolute atomic E-state index is 14.7. The van der Waals surface area contributed by atoms with E-state index in [4.69, 9.17) is 4.74 Å². The molecule has 1 N–H and O–H groups in total. The number of hydrogen-bond acceptors (Lipinski definition) is 5. The predicted octanol–water partition coefficient (Wildman–Crippen LogP) is 7.05. The van der Waals surface area contributed by atoms with Gasteiger partial charge < -0.3 is 15.0 Å². The van der Waals surface area contributed by atoms with Gasteiger partial charge in [-0.2, -0.15) is 0 Å². The van der Waals surface area contributed by atoms with Crippen molar-refractivity contribution in [3.05, 3.63) is 124 Å². The van der Waals surface area contributed by atoms with Gasteiger partial charge in [-0.25, -0.2) is 8.42 Å². The fourth-order valence-electron chi connectivity index (χ4n) is 6.06. The molecule has 1 atom stereocenters. The summed E-state index contributed by atoms with van der Waals surface area (Å²) >= 11 is 3.46. The first-order chi connectivity index (χ1) is 23.1. The van der Waals surface area contributed by atoms with Crippen LogP contribution in [0.1, 0.15) is 48.8 Å². The second-order valence-corrected chi connectivity index (χ2v) is 15.0. The molecule has 4 aromatic carbocycles. The second kappa shape index (κ2) is 16.3. The molecule has 1 aliphatic rings. The van der Waals surface area contributed by atoms with E-state index in [9.17, 15) is 18.0 Å². The maximum Gasteiger partial charge on any atom is 0.264 e. The Hall–Kier alpha value is -4.15. The average Bonchev–Trinajstić information content (AvgIpc) is 3.09. The van der Waals surface area contributed by atoms with E-state index < -0.39 is 28.5 Å². The quantitative estimate of drug-likeness (QED) is 0.159. The molecule has 1 fully saturated rings. The van der Waals surface area contributed by atoms with Crippen LogP contribution in [0.2, 0.25) is 0 Å². The summed E-state index contributed by atoms with van der Waals surface area (Å²) < 4.78 is 35.8. The lowest BCUT2D eigenvalue weighted by molar-refractivity contribution is -0.140. The first-order valence-electron chi connectivity index (χ1n) is 16.3. The molecule has 0 heterocycles. The normalized spacial score (nSPS) is 14.1. The van der Waals surface area contributed by atoms with Gasteiger partial charge in [0.1, 0.15) is 18.3 Å². The smallest absolute Gasteiger partial charge is 0.264 e. The van der Waals surface area contributed by atoms with E-state index in [1.165, 1.54) is 4.90 Å². The Bertz CT molecular complexity index is 1790. The second-order valence-electron chi connectivity index (χ2n) is 12.2. The third-order valence-electron chi connectivity index (χ3n) is 8.69. The number of ether oxygens (including phenoxy) is 1. The summed E-state index contributed by atoms with van der Waals surface area (Å²) in [6.45, 7) is 1.44. The van der Waals surface area contributed by atoms with Gasteiger partial charge in [0.15, 0.2) is 0 Å². The van der Waals surface area contributed by atoms with Gasteiger partial charge in [0, 0.05) is 23.5 Å². The van der Waals surface area contributed by atoms with Crippen molar-refractivity contribution in [1.82, 2.24) is 10.2 Å². The topological polar surface area (TPSA) is 96.0 Å². The highest BCUT2D eigenvalue weighted by Crippen LogP contribution is 2.28. The predicted molar refractivity (Wildman–Crippen MR) is 192 cm³/mol. The fraction of sp³-hybridized carbons (Fsp3) is 0.316. The van der Waals surface area contributed by atoms with Gasteiger partial charge in [-0.15, -0.1) is 0 Å². The molecule has 5 rings (SSSR count). The maximum atomic E-state index is 14.7. The number of carbonyl (C=O) groups excluding carboxylic acids is 2. The summed E-state index contributed by atoms with van der Waals surface area (Å²) in [6, 6.07) is 29.5. The number of methoxy groups -OCH3 is 1. The number of anilines is 1. The summed E-state index contributed by atoms with van der Waals surface area (Å²) in [5.74, 6) is -0.144. The zero-order valence-corrected chi connectivity index (χ0v) is 29.8. The summed E-state index contributed by atoms with van der Waals surface area (Å²) in [5, 5.41) is 3.24. The molecule has 0 aromatic heterocycles. The SMILES string of the molecule is COc1cccc(CN(C(=O)CN(c2cccc(Br)c2)S(=O)(=O)c2ccc(C)cc2)[C@H](Cc2ccccc2)C(=O)NC2CCCCC2)c1. The molecular formula is C38H42BrN3O5S. The van der Waals surface area contributed by atoms with Crippen molar-refractivity contribution < 1.29 is 22.7 Å². The number of sulfonamides is 1. The van der Waals surface area contributed by atoms with Crippen LogP contribution < -0.4 is 14.4 Å². The van der Waals surface area contributed by atoms with Crippen LogP contribution in [0.3, 0.4) is 0 Å². The van der Waals surface area contributed by atoms with E-state index >= 15 is 0 Å². The summed E-state index contributed by atoms with van der Waals surface area (Å²) in [7, 11) is -2.61. The summed E-state index contributed by atoms with van der Waals surface area (Å²) in [4.78, 5) is 30.6. The molecule has 10 heteroatoms. The Morgan fingerprint density at radius 1 is 0.875 bits per heavy atom. The molecule has 0 saturated heterocycles. The molecule has 0 radical (unpaired) electrons. The first-order valence-corrected chi connectivity index (χ1v) is 18.5. The van der Waals surface area contributed by atoms with Crippen LogP contribution in [0, 0.1) is 6.92 Å². The van der Waals surface area contributed by atoms with Crippen LogP contribution in [-0.4, -0.2) is 50.9 Å². The zero-order chi connectivity index (χ0) is 34.1. The lowest BCUT2D eigenvalue weighted by Crippen LogP contribution is -2.55. The van der Waals surface area contributed by atoms with Crippen LogP contribution >= 0.6 is 15.9 Å². The molecule has 252 valence electrons. The Labute approximate surface area is 292 Å². The van der Waals surface area contributed by atoms with Gasteiger partial charge in [-0.05, 0) is 73.4 Å². The molecular weight excluding hydrogens is 690 g/mol. The van der Waals surface area contributed by atoms with Gasteiger partial charge >= 0.3 is 0 Å². The number of nitrogens with zero attached hydrogens (tertiary/aromatic N) is 2. The van der Waals surface area contributed by atoms with Crippen LogP contribution in [-0.2, 0) is 32.6 Å². The van der Waals surface area contributed by atoms with E-state index in [0.717, 1.165) is 53.1 Å². The highest BCUT2D eigenvalue weighted by atomic mass is 79.9. The highest BCUT2D eigenvalue weighted by molar-refractivity contribution is 9.10. The largest absolute Gasteiger partial charge is 0.497 e. The fourth-order valence-corrected chi connectivity index (χ4v) is 7.86. The number of benzene rings is 4. The highest BCUT2D eigenvalue weighted by Gasteiger charge is 2.35. The van der Waals surface area contributed by atoms with Crippen LogP contribution in [0.15, 0.2) is 112 Å². The molecule has 0 aliphatic heterocycles. The van der Waals surface area contributed by atoms with Crippen LogP contribution in [0.5, 0.6) is 5.75 Å². The van der Waals surface area contributed by atoms with Gasteiger partial charge in [0.05, 0.1) is 17.7 Å². The molecule has 1 aliphatic carbocycles. The molecule has 1 saturated carbocycles. The van der Waals surface area contributed by atoms with E-state index in [0.29, 0.717) is 15.9 Å². The van der Waals surface area contributed by atoms with Gasteiger partial charge in [-0.1, -0.05) is 101 Å². The van der Waals surface area contributed by atoms with Crippen LogP contribution in [0.4, 0.5) is 5.69 Å². The van der Waals surface area contributed by atoms with Crippen molar-refractivity contribution in [3.8, 4) is 5.75 Å². The van der Waals surface area contributed by atoms with Crippen molar-refractivity contribution in [1.29, 1.82) is 0 Å². The number of aryl methyl sites for hydroxylation is 1. The minimum Gasteiger partial charge on any atom is -0.497 e. The molecule has 0 bridgehead atoms. The summed E-state index contributed by atoms with van der Waals surface area (Å²) in [5.41, 5.74) is 2.88. The number of hydrogen-bond donors (Lipinski definition) is 1. The van der Waals surface area contributed by atoms with Gasteiger partial charge in [0.25, 0.3) is 10.0 Å². The number of carbonyl (C=O) groups is 2. The number of rotatable bonds is 13. The number of halogens is 1. The Morgan fingerprint density at radius 3 is 2.25 bits per heavy atom. The summed E-state index contributed by atoms with van der Waals surface area (Å²) in [6.07, 6.45) is 5.26. The molecule has 8 nitrogen and oxygen atoms in total. The number of amides is 2. The molecule has 48 heavy (non-hydrogen) atoms. The first kappa shape index (κ1) is 35.2. The Morgan fingerprint density at radius 2 is 1.56 bits per heavy atom. The van der Waals surface area contributed by atoms with Crippen molar-refractivity contribution in [3.63, 3.8) is 0 Å². The van der Waals surface area contributed by atoms with Crippen molar-refractivity contribution in [2.45, 2.75) is 69.0 Å². The van der Waals surface area contributed by atoms with Crippen molar-refractivity contribution >= 4 is 43.5 Å². The molecule has 0 unspecified atom stereocenters. The molecule has 2 amide bonds. The van der Waals surface area contributed by atoms with Crippen molar-refractivity contribution in [2.75, 3.05) is 18.0 Å². The van der Waals surface area contributed by atoms with E-state index in [1.54, 1.807) is 55.6 Å². The molecule has 4 aromatic rings. The van der Waals surface area contributed by atoms with E-state index in [-0.39, 0.29) is 29.8 Å². The minimum absolute atomic E-state index is 0.0263. The minimum atomic E-state index is -4.18. The Balaban J connectivity index is 1.57.